The largest absolute Gasteiger partial charge is 0.481 e. The van der Waals surface area contributed by atoms with Crippen molar-refractivity contribution >= 4 is 41.1 Å². The number of rotatable bonds is 5. The minimum Gasteiger partial charge on any atom is -0.481 e. The molecule has 3 rings (SSSR count). The number of hydrogen-bond donors (Lipinski definition) is 1. The van der Waals surface area contributed by atoms with Gasteiger partial charge in [0.05, 0.1) is 12.1 Å². The maximum atomic E-state index is 12.9. The van der Waals surface area contributed by atoms with Gasteiger partial charge >= 0.3 is 5.97 Å². The summed E-state index contributed by atoms with van der Waals surface area (Å²) < 4.78 is 12.9. The van der Waals surface area contributed by atoms with Gasteiger partial charge in [-0.2, -0.15) is 0 Å². The Kier molecular flexibility index (Phi) is 5.26. The van der Waals surface area contributed by atoms with Crippen LogP contribution in [0, 0.1) is 5.82 Å². The normalized spacial score (nSPS) is 11.1. The third-order valence-corrected chi connectivity index (χ3v) is 4.70. The van der Waals surface area contributed by atoms with Gasteiger partial charge in [-0.25, -0.2) is 9.37 Å². The van der Waals surface area contributed by atoms with Gasteiger partial charge in [-0.15, -0.1) is 11.3 Å². The third-order valence-electron chi connectivity index (χ3n) is 3.43. The minimum atomic E-state index is -0.909. The van der Waals surface area contributed by atoms with Crippen LogP contribution in [0.5, 0.6) is 0 Å². The van der Waals surface area contributed by atoms with E-state index in [2.05, 4.69) is 4.98 Å². The van der Waals surface area contributed by atoms with Gasteiger partial charge in [0.1, 0.15) is 10.8 Å². The van der Waals surface area contributed by atoms with Crippen molar-refractivity contribution in [2.45, 2.75) is 6.42 Å². The van der Waals surface area contributed by atoms with Crippen molar-refractivity contribution < 1.29 is 14.3 Å². The van der Waals surface area contributed by atoms with Gasteiger partial charge < -0.3 is 5.11 Å². The molecule has 0 aliphatic carbocycles. The first-order valence-electron chi connectivity index (χ1n) is 7.42. The maximum absolute atomic E-state index is 12.9. The monoisotopic (exact) mass is 373 g/mol. The molecule has 1 heterocycles. The molecule has 0 radical (unpaired) electrons. The molecule has 126 valence electrons. The number of benzene rings is 2. The average molecular weight is 374 g/mol. The van der Waals surface area contributed by atoms with Gasteiger partial charge in [0.2, 0.25) is 0 Å². The highest BCUT2D eigenvalue weighted by Gasteiger charge is 2.14. The third kappa shape index (κ3) is 4.53. The highest BCUT2D eigenvalue weighted by atomic mass is 35.5. The molecule has 6 heteroatoms. The molecule has 0 aliphatic heterocycles. The fourth-order valence-corrected chi connectivity index (χ4v) is 3.38. The maximum Gasteiger partial charge on any atom is 0.308 e. The summed E-state index contributed by atoms with van der Waals surface area (Å²) >= 11 is 7.23. The summed E-state index contributed by atoms with van der Waals surface area (Å²) in [4.78, 5) is 16.4. The van der Waals surface area contributed by atoms with Gasteiger partial charge in [0.25, 0.3) is 0 Å². The number of carboxylic acids is 1. The average Bonchev–Trinajstić information content (AvgIpc) is 2.97. The molecule has 0 atom stereocenters. The number of aromatic nitrogens is 1. The van der Waals surface area contributed by atoms with Gasteiger partial charge in [0.15, 0.2) is 0 Å². The Morgan fingerprint density at radius 3 is 2.44 bits per heavy atom. The van der Waals surface area contributed by atoms with E-state index in [1.165, 1.54) is 23.5 Å². The molecule has 3 nitrogen and oxygen atoms in total. The molecule has 0 bridgehead atoms. The molecule has 3 aromatic rings. The van der Waals surface area contributed by atoms with E-state index in [1.54, 1.807) is 30.3 Å². The van der Waals surface area contributed by atoms with Crippen molar-refractivity contribution in [2.75, 3.05) is 0 Å². The Bertz CT molecular complexity index is 918. The molecule has 0 saturated carbocycles. The Hall–Kier alpha value is -2.50. The van der Waals surface area contributed by atoms with E-state index in [0.29, 0.717) is 20.6 Å². The molecule has 0 spiro atoms. The van der Waals surface area contributed by atoms with Crippen LogP contribution in [0.15, 0.2) is 48.5 Å². The summed E-state index contributed by atoms with van der Waals surface area (Å²) in [6, 6.07) is 13.2. The quantitative estimate of drug-likeness (QED) is 0.651. The second kappa shape index (κ2) is 7.59. The van der Waals surface area contributed by atoms with Crippen LogP contribution in [0.4, 0.5) is 4.39 Å². The van der Waals surface area contributed by atoms with Crippen molar-refractivity contribution in [3.8, 4) is 11.3 Å². The van der Waals surface area contributed by atoms with Gasteiger partial charge in [-0.05, 0) is 35.9 Å². The summed E-state index contributed by atoms with van der Waals surface area (Å²) in [5.74, 6) is -1.20. The zero-order valence-electron chi connectivity index (χ0n) is 12.9. The summed E-state index contributed by atoms with van der Waals surface area (Å²) in [5.41, 5.74) is 2.30. The van der Waals surface area contributed by atoms with E-state index in [1.807, 2.05) is 18.2 Å². The Morgan fingerprint density at radius 1 is 1.12 bits per heavy atom. The molecular weight excluding hydrogens is 361 g/mol. The van der Waals surface area contributed by atoms with E-state index in [4.69, 9.17) is 16.7 Å². The first-order valence-corrected chi connectivity index (χ1v) is 8.62. The first-order chi connectivity index (χ1) is 12.0. The molecule has 25 heavy (non-hydrogen) atoms. The van der Waals surface area contributed by atoms with Gasteiger partial charge in [-0.3, -0.25) is 4.79 Å². The van der Waals surface area contributed by atoms with Crippen LogP contribution in [0.25, 0.3) is 23.4 Å². The summed E-state index contributed by atoms with van der Waals surface area (Å²) in [6.45, 7) is 0. The minimum absolute atomic E-state index is 0.0972. The first kappa shape index (κ1) is 17.3. The number of halogens is 2. The molecule has 0 saturated heterocycles. The van der Waals surface area contributed by atoms with Gasteiger partial charge in [-0.1, -0.05) is 41.9 Å². The molecule has 1 N–H and O–H groups in total. The zero-order valence-corrected chi connectivity index (χ0v) is 14.5. The van der Waals surface area contributed by atoms with E-state index < -0.39 is 5.97 Å². The lowest BCUT2D eigenvalue weighted by Gasteiger charge is -2.00. The molecular formula is C19H13ClFNO2S. The van der Waals surface area contributed by atoms with Crippen molar-refractivity contribution in [1.29, 1.82) is 0 Å². The number of carboxylic acid groups (broad SMARTS) is 1. The number of aliphatic carboxylic acids is 1. The van der Waals surface area contributed by atoms with Crippen LogP contribution < -0.4 is 0 Å². The molecule has 0 aliphatic rings. The van der Waals surface area contributed by atoms with E-state index >= 15 is 0 Å². The van der Waals surface area contributed by atoms with Crippen molar-refractivity contribution in [2.24, 2.45) is 0 Å². The number of thiazole rings is 1. The lowest BCUT2D eigenvalue weighted by atomic mass is 10.1. The van der Waals surface area contributed by atoms with Crippen LogP contribution in [0.2, 0.25) is 5.02 Å². The highest BCUT2D eigenvalue weighted by Crippen LogP contribution is 2.30. The van der Waals surface area contributed by atoms with Crippen LogP contribution in [0.1, 0.15) is 15.4 Å². The topological polar surface area (TPSA) is 50.2 Å². The van der Waals surface area contributed by atoms with Crippen molar-refractivity contribution in [1.82, 2.24) is 4.98 Å². The lowest BCUT2D eigenvalue weighted by Crippen LogP contribution is -1.99. The summed E-state index contributed by atoms with van der Waals surface area (Å²) in [6.07, 6.45) is 3.51. The number of nitrogens with zero attached hydrogens (tertiary/aromatic N) is 1. The number of hydrogen-bond acceptors (Lipinski definition) is 3. The van der Waals surface area contributed by atoms with E-state index in [-0.39, 0.29) is 12.2 Å². The zero-order chi connectivity index (χ0) is 17.8. The van der Waals surface area contributed by atoms with Crippen LogP contribution in [-0.4, -0.2) is 16.1 Å². The second-order valence-corrected chi connectivity index (χ2v) is 6.84. The predicted molar refractivity (Wildman–Crippen MR) is 99.2 cm³/mol. The molecule has 0 fully saturated rings. The Morgan fingerprint density at radius 2 is 1.80 bits per heavy atom. The van der Waals surface area contributed by atoms with E-state index in [0.717, 1.165) is 11.1 Å². The van der Waals surface area contributed by atoms with Crippen LogP contribution in [0.3, 0.4) is 0 Å². The lowest BCUT2D eigenvalue weighted by molar-refractivity contribution is -0.136. The SMILES string of the molecule is O=C(O)Cc1sc(/C=C/c2ccc(F)cc2)nc1-c1ccc(Cl)cc1. The van der Waals surface area contributed by atoms with Crippen molar-refractivity contribution in [3.63, 3.8) is 0 Å². The van der Waals surface area contributed by atoms with E-state index in [9.17, 15) is 9.18 Å². The molecule has 1 aromatic heterocycles. The second-order valence-electron chi connectivity index (χ2n) is 5.29. The molecule has 0 amide bonds. The molecule has 0 unspecified atom stereocenters. The standard InChI is InChI=1S/C19H13ClFNO2S/c20-14-6-4-13(5-7-14)19-16(11-18(23)24)25-17(22-19)10-3-12-1-8-15(21)9-2-12/h1-10H,11H2,(H,23,24)/b10-3+. The summed E-state index contributed by atoms with van der Waals surface area (Å²) in [5, 5.41) is 10.4. The van der Waals surface area contributed by atoms with Crippen LogP contribution >= 0.6 is 22.9 Å². The van der Waals surface area contributed by atoms with Gasteiger partial charge in [0, 0.05) is 15.5 Å². The summed E-state index contributed by atoms with van der Waals surface area (Å²) in [7, 11) is 0. The Labute approximate surface area is 153 Å². The smallest absolute Gasteiger partial charge is 0.308 e. The predicted octanol–water partition coefficient (Wildman–Crippen LogP) is 5.40. The number of carbonyl (C=O) groups is 1. The fraction of sp³-hybridized carbons (Fsp3) is 0.0526. The van der Waals surface area contributed by atoms with Crippen LogP contribution in [-0.2, 0) is 11.2 Å². The van der Waals surface area contributed by atoms with Crippen molar-refractivity contribution in [3.05, 3.63) is 74.8 Å². The Balaban J connectivity index is 1.93. The highest BCUT2D eigenvalue weighted by molar-refractivity contribution is 7.13. The molecule has 2 aromatic carbocycles. The fourth-order valence-electron chi connectivity index (χ4n) is 2.27.